The van der Waals surface area contributed by atoms with Crippen LogP contribution in [0.5, 0.6) is 17.2 Å². The lowest BCUT2D eigenvalue weighted by Crippen LogP contribution is -2.21. The highest BCUT2D eigenvalue weighted by atomic mass is 19.1. The van der Waals surface area contributed by atoms with Crippen molar-refractivity contribution in [3.8, 4) is 23.3 Å². The van der Waals surface area contributed by atoms with Crippen LogP contribution in [-0.4, -0.2) is 30.8 Å². The van der Waals surface area contributed by atoms with Gasteiger partial charge in [-0.25, -0.2) is 9.37 Å². The standard InChI is InChI=1S/C29H26FN7O4/c1-39-19-8-7-18(26(13-19)40-2)15-32-23-9-6-17(14-31)12-24(23)35-29-33-16-25(37-38)28(36-29)34-22-10-11-41-27-20(22)4-3-5-21(27)30/h3-9,12-13,16,22,32H,10-11,15H2,1-2H3,(H2,33,34,35,36)/t22-/m1/s1. The second-order valence-corrected chi connectivity index (χ2v) is 9.04. The van der Waals surface area contributed by atoms with Crippen LogP contribution in [0, 0.1) is 22.1 Å². The zero-order valence-electron chi connectivity index (χ0n) is 22.3. The van der Waals surface area contributed by atoms with Crippen molar-refractivity contribution in [2.24, 2.45) is 5.18 Å². The minimum atomic E-state index is -0.461. The summed E-state index contributed by atoms with van der Waals surface area (Å²) in [7, 11) is 3.17. The molecule has 4 aromatic rings. The molecule has 1 aromatic heterocycles. The molecular weight excluding hydrogens is 529 g/mol. The number of methoxy groups -OCH3 is 2. The average Bonchev–Trinajstić information content (AvgIpc) is 3.01. The van der Waals surface area contributed by atoms with Crippen LogP contribution in [0.2, 0.25) is 0 Å². The number of fused-ring (bicyclic) bond motifs is 1. The number of para-hydroxylation sites is 1. The third-order valence-corrected chi connectivity index (χ3v) is 6.56. The van der Waals surface area contributed by atoms with Crippen molar-refractivity contribution in [3.63, 3.8) is 0 Å². The maximum Gasteiger partial charge on any atom is 0.229 e. The lowest BCUT2D eigenvalue weighted by atomic mass is 10.0. The Hall–Kier alpha value is -5.44. The van der Waals surface area contributed by atoms with Crippen molar-refractivity contribution >= 4 is 28.8 Å². The Morgan fingerprint density at radius 1 is 1.15 bits per heavy atom. The Kier molecular flexibility index (Phi) is 8.05. The molecule has 11 nitrogen and oxygen atoms in total. The molecule has 5 rings (SSSR count). The average molecular weight is 556 g/mol. The van der Waals surface area contributed by atoms with Crippen molar-refractivity contribution in [2.45, 2.75) is 19.0 Å². The normalized spacial score (nSPS) is 13.7. The van der Waals surface area contributed by atoms with Crippen molar-refractivity contribution in [1.82, 2.24) is 9.97 Å². The van der Waals surface area contributed by atoms with Crippen LogP contribution in [0.4, 0.5) is 33.2 Å². The van der Waals surface area contributed by atoms with E-state index in [9.17, 15) is 14.6 Å². The molecule has 0 aliphatic carbocycles. The maximum absolute atomic E-state index is 14.3. The number of benzene rings is 3. The molecule has 0 amide bonds. The first-order valence-electron chi connectivity index (χ1n) is 12.7. The summed E-state index contributed by atoms with van der Waals surface area (Å²) in [6.07, 6.45) is 1.81. The van der Waals surface area contributed by atoms with Gasteiger partial charge in [0.2, 0.25) is 5.95 Å². The topological polar surface area (TPSA) is 143 Å². The van der Waals surface area contributed by atoms with Crippen molar-refractivity contribution in [3.05, 3.63) is 88.2 Å². The fourth-order valence-corrected chi connectivity index (χ4v) is 4.49. The first-order chi connectivity index (χ1) is 20.0. The molecule has 1 aliphatic rings. The van der Waals surface area contributed by atoms with Gasteiger partial charge in [0.15, 0.2) is 23.1 Å². The SMILES string of the molecule is COc1ccc(CNc2ccc(C#N)cc2Nc2ncc(N=O)c(N[C@@H]3CCOc4c(F)cccc43)n2)c(OC)c1. The minimum Gasteiger partial charge on any atom is -0.497 e. The number of aromatic nitrogens is 2. The second-order valence-electron chi connectivity index (χ2n) is 9.04. The summed E-state index contributed by atoms with van der Waals surface area (Å²) in [5.74, 6) is 1.38. The number of nitriles is 1. The molecule has 0 radical (unpaired) electrons. The van der Waals surface area contributed by atoms with E-state index in [1.807, 2.05) is 12.1 Å². The summed E-state index contributed by atoms with van der Waals surface area (Å²) in [5.41, 5.74) is 3.13. The Bertz CT molecular complexity index is 1630. The third-order valence-electron chi connectivity index (χ3n) is 6.56. The molecule has 0 bridgehead atoms. The van der Waals surface area contributed by atoms with Gasteiger partial charge in [-0.2, -0.15) is 10.2 Å². The predicted octanol–water partition coefficient (Wildman–Crippen LogP) is 6.19. The molecular formula is C29H26FN7O4. The van der Waals surface area contributed by atoms with Crippen molar-refractivity contribution in [2.75, 3.05) is 36.8 Å². The van der Waals surface area contributed by atoms with Crippen LogP contribution in [0.15, 0.2) is 66.0 Å². The van der Waals surface area contributed by atoms with E-state index < -0.39 is 5.82 Å². The molecule has 208 valence electrons. The first-order valence-corrected chi connectivity index (χ1v) is 12.7. The van der Waals surface area contributed by atoms with E-state index in [2.05, 4.69) is 37.2 Å². The van der Waals surface area contributed by atoms with E-state index in [0.29, 0.717) is 53.6 Å². The van der Waals surface area contributed by atoms with Gasteiger partial charge in [-0.05, 0) is 41.6 Å². The number of rotatable bonds is 10. The van der Waals surface area contributed by atoms with Gasteiger partial charge in [0.1, 0.15) is 11.5 Å². The number of anilines is 4. The van der Waals surface area contributed by atoms with E-state index in [-0.39, 0.29) is 29.2 Å². The van der Waals surface area contributed by atoms with Crippen LogP contribution >= 0.6 is 0 Å². The number of nitrogens with one attached hydrogen (secondary N) is 3. The molecule has 1 atom stereocenters. The Morgan fingerprint density at radius 2 is 2.02 bits per heavy atom. The van der Waals surface area contributed by atoms with E-state index in [1.54, 1.807) is 50.6 Å². The van der Waals surface area contributed by atoms with E-state index >= 15 is 0 Å². The Balaban J connectivity index is 1.40. The van der Waals surface area contributed by atoms with Crippen molar-refractivity contribution in [1.29, 1.82) is 5.26 Å². The predicted molar refractivity (Wildman–Crippen MR) is 152 cm³/mol. The van der Waals surface area contributed by atoms with Crippen LogP contribution in [0.1, 0.15) is 29.2 Å². The van der Waals surface area contributed by atoms with Crippen LogP contribution in [-0.2, 0) is 6.54 Å². The molecule has 3 aromatic carbocycles. The highest BCUT2D eigenvalue weighted by molar-refractivity contribution is 5.75. The summed E-state index contributed by atoms with van der Waals surface area (Å²) in [4.78, 5) is 20.3. The molecule has 2 heterocycles. The number of hydrogen-bond acceptors (Lipinski definition) is 11. The number of hydrogen-bond donors (Lipinski definition) is 3. The lowest BCUT2D eigenvalue weighted by Gasteiger charge is -2.27. The molecule has 0 fully saturated rings. The van der Waals surface area contributed by atoms with E-state index in [1.165, 1.54) is 12.3 Å². The number of ether oxygens (including phenoxy) is 3. The van der Waals surface area contributed by atoms with Crippen LogP contribution in [0.3, 0.4) is 0 Å². The zero-order valence-corrected chi connectivity index (χ0v) is 22.3. The summed E-state index contributed by atoms with van der Waals surface area (Å²) < 4.78 is 30.6. The molecule has 1 aliphatic heterocycles. The fraction of sp³-hybridized carbons (Fsp3) is 0.207. The quantitative estimate of drug-likeness (QED) is 0.194. The highest BCUT2D eigenvalue weighted by Crippen LogP contribution is 2.38. The lowest BCUT2D eigenvalue weighted by molar-refractivity contribution is 0.260. The monoisotopic (exact) mass is 555 g/mol. The number of nitrogens with zero attached hydrogens (tertiary/aromatic N) is 4. The van der Waals surface area contributed by atoms with Crippen molar-refractivity contribution < 1.29 is 18.6 Å². The van der Waals surface area contributed by atoms with Gasteiger partial charge in [0.25, 0.3) is 0 Å². The van der Waals surface area contributed by atoms with Gasteiger partial charge >= 0.3 is 0 Å². The molecule has 3 N–H and O–H groups in total. The zero-order chi connectivity index (χ0) is 28.8. The molecule has 41 heavy (non-hydrogen) atoms. The molecule has 0 unspecified atom stereocenters. The van der Waals surface area contributed by atoms with Gasteiger partial charge in [-0.1, -0.05) is 12.1 Å². The summed E-state index contributed by atoms with van der Waals surface area (Å²) in [6.45, 7) is 0.704. The Morgan fingerprint density at radius 3 is 2.80 bits per heavy atom. The highest BCUT2D eigenvalue weighted by Gasteiger charge is 2.25. The second kappa shape index (κ2) is 12.2. The van der Waals surface area contributed by atoms with Gasteiger partial charge in [0, 0.05) is 30.2 Å². The van der Waals surface area contributed by atoms with Gasteiger partial charge in [-0.15, -0.1) is 4.91 Å². The number of halogens is 1. The van der Waals surface area contributed by atoms with Gasteiger partial charge in [0.05, 0.1) is 56.1 Å². The summed E-state index contributed by atoms with van der Waals surface area (Å²) in [5, 5.41) is 22.2. The maximum atomic E-state index is 14.3. The minimum absolute atomic E-state index is 0.00396. The van der Waals surface area contributed by atoms with Crippen LogP contribution < -0.4 is 30.2 Å². The smallest absolute Gasteiger partial charge is 0.229 e. The summed E-state index contributed by atoms with van der Waals surface area (Å²) in [6, 6.07) is 17.1. The van der Waals surface area contributed by atoms with Gasteiger partial charge in [-0.3, -0.25) is 0 Å². The number of nitroso groups, excluding NO2 is 1. The summed E-state index contributed by atoms with van der Waals surface area (Å²) >= 11 is 0. The molecule has 0 spiro atoms. The van der Waals surface area contributed by atoms with Crippen LogP contribution in [0.25, 0.3) is 0 Å². The van der Waals surface area contributed by atoms with E-state index in [0.717, 1.165) is 5.56 Å². The molecule has 12 heteroatoms. The molecule has 0 saturated carbocycles. The third kappa shape index (κ3) is 5.94. The first kappa shape index (κ1) is 27.1. The fourth-order valence-electron chi connectivity index (χ4n) is 4.49. The largest absolute Gasteiger partial charge is 0.497 e. The van der Waals surface area contributed by atoms with Gasteiger partial charge < -0.3 is 30.2 Å². The van der Waals surface area contributed by atoms with E-state index in [4.69, 9.17) is 14.2 Å². The Labute approximate surface area is 235 Å². The molecule has 0 saturated heterocycles.